The van der Waals surface area contributed by atoms with Crippen molar-refractivity contribution < 1.29 is 18.1 Å². The molecule has 146 valence electrons. The first kappa shape index (κ1) is 20.3. The average Bonchev–Trinajstić information content (AvgIpc) is 2.66. The summed E-state index contributed by atoms with van der Waals surface area (Å²) in [7, 11) is -4.34. The number of hydrogen-bond acceptors (Lipinski definition) is 3. The molecule has 3 aromatic rings. The van der Waals surface area contributed by atoms with Crippen molar-refractivity contribution in [2.45, 2.75) is 36.7 Å². The van der Waals surface area contributed by atoms with Gasteiger partial charge in [0.2, 0.25) is 0 Å². The highest BCUT2D eigenvalue weighted by atomic mass is 32.2. The van der Waals surface area contributed by atoms with E-state index in [1.807, 2.05) is 67.6 Å². The summed E-state index contributed by atoms with van der Waals surface area (Å²) in [6.07, 6.45) is -0.187. The standard InChI is InChI=1S/C23H24O4S/c1-17-12-13-23(28(25,26)27)20(14-17)15-21(24)16-22(18-8-4-2-5-9-18)19-10-6-3-7-11-19/h2-14,21-22,24H,15-16H2,1H3,(H,25,26,27). The number of rotatable bonds is 7. The number of aryl methyl sites for hydroxylation is 1. The van der Waals surface area contributed by atoms with Gasteiger partial charge in [-0.3, -0.25) is 4.55 Å². The van der Waals surface area contributed by atoms with Crippen LogP contribution in [-0.2, 0) is 16.5 Å². The topological polar surface area (TPSA) is 74.6 Å². The zero-order valence-corrected chi connectivity index (χ0v) is 16.5. The number of aliphatic hydroxyl groups is 1. The first-order valence-corrected chi connectivity index (χ1v) is 10.6. The van der Waals surface area contributed by atoms with Crippen LogP contribution >= 0.6 is 0 Å². The van der Waals surface area contributed by atoms with Crippen molar-refractivity contribution in [2.75, 3.05) is 0 Å². The molecule has 0 amide bonds. The van der Waals surface area contributed by atoms with Gasteiger partial charge in [0.25, 0.3) is 10.1 Å². The second kappa shape index (κ2) is 8.69. The number of hydrogen-bond donors (Lipinski definition) is 2. The van der Waals surface area contributed by atoms with Crippen molar-refractivity contribution in [3.63, 3.8) is 0 Å². The van der Waals surface area contributed by atoms with E-state index in [4.69, 9.17) is 0 Å². The van der Waals surface area contributed by atoms with Gasteiger partial charge >= 0.3 is 0 Å². The van der Waals surface area contributed by atoms with Gasteiger partial charge < -0.3 is 5.11 Å². The first-order chi connectivity index (χ1) is 13.3. The summed E-state index contributed by atoms with van der Waals surface area (Å²) in [5.74, 6) is -0.0172. The van der Waals surface area contributed by atoms with Gasteiger partial charge in [-0.15, -0.1) is 0 Å². The van der Waals surface area contributed by atoms with Crippen molar-refractivity contribution >= 4 is 10.1 Å². The SMILES string of the molecule is Cc1ccc(S(=O)(=O)O)c(CC(O)CC(c2ccccc2)c2ccccc2)c1. The molecule has 0 fully saturated rings. The molecule has 0 aromatic heterocycles. The van der Waals surface area contributed by atoms with Gasteiger partial charge in [0.1, 0.15) is 0 Å². The van der Waals surface area contributed by atoms with Crippen molar-refractivity contribution in [2.24, 2.45) is 0 Å². The van der Waals surface area contributed by atoms with E-state index in [2.05, 4.69) is 0 Å². The third kappa shape index (κ3) is 5.07. The van der Waals surface area contributed by atoms with Crippen LogP contribution in [0.4, 0.5) is 0 Å². The molecule has 0 saturated heterocycles. The third-order valence-electron chi connectivity index (χ3n) is 4.86. The van der Waals surface area contributed by atoms with Crippen LogP contribution in [0.25, 0.3) is 0 Å². The fourth-order valence-electron chi connectivity index (χ4n) is 3.56. The summed E-state index contributed by atoms with van der Waals surface area (Å²) in [5.41, 5.74) is 3.48. The Kier molecular flexibility index (Phi) is 6.29. The predicted molar refractivity (Wildman–Crippen MR) is 110 cm³/mol. The summed E-state index contributed by atoms with van der Waals surface area (Å²) < 4.78 is 32.9. The molecule has 0 bridgehead atoms. The molecule has 2 N–H and O–H groups in total. The van der Waals surface area contributed by atoms with Crippen LogP contribution in [0, 0.1) is 6.92 Å². The van der Waals surface area contributed by atoms with E-state index in [9.17, 15) is 18.1 Å². The van der Waals surface area contributed by atoms with Gasteiger partial charge in [-0.1, -0.05) is 78.4 Å². The summed E-state index contributed by atoms with van der Waals surface area (Å²) >= 11 is 0. The van der Waals surface area contributed by atoms with Crippen LogP contribution in [0.3, 0.4) is 0 Å². The highest BCUT2D eigenvalue weighted by molar-refractivity contribution is 7.85. The van der Waals surface area contributed by atoms with E-state index in [0.717, 1.165) is 16.7 Å². The Bertz CT molecular complexity index is 975. The first-order valence-electron chi connectivity index (χ1n) is 9.19. The average molecular weight is 397 g/mol. The maximum atomic E-state index is 11.7. The fourth-order valence-corrected chi connectivity index (χ4v) is 4.28. The molecule has 5 heteroatoms. The van der Waals surface area contributed by atoms with Crippen LogP contribution in [0.1, 0.15) is 34.6 Å². The molecular weight excluding hydrogens is 372 g/mol. The van der Waals surface area contributed by atoms with Crippen molar-refractivity contribution in [3.05, 3.63) is 101 Å². The van der Waals surface area contributed by atoms with Crippen LogP contribution in [0.2, 0.25) is 0 Å². The summed E-state index contributed by atoms with van der Waals surface area (Å²) in [6.45, 7) is 1.85. The molecule has 1 atom stereocenters. The second-order valence-corrected chi connectivity index (χ2v) is 8.44. The molecule has 0 aliphatic carbocycles. The van der Waals surface area contributed by atoms with Gasteiger partial charge in [-0.05, 0) is 42.5 Å². The molecule has 0 saturated carbocycles. The Morgan fingerprint density at radius 2 is 1.39 bits per heavy atom. The van der Waals surface area contributed by atoms with Crippen LogP contribution in [0.15, 0.2) is 83.8 Å². The highest BCUT2D eigenvalue weighted by Crippen LogP contribution is 2.30. The lowest BCUT2D eigenvalue weighted by atomic mass is 9.85. The maximum absolute atomic E-state index is 11.7. The van der Waals surface area contributed by atoms with Gasteiger partial charge in [0.15, 0.2) is 0 Å². The van der Waals surface area contributed by atoms with E-state index in [1.54, 1.807) is 12.1 Å². The lowest BCUT2D eigenvalue weighted by molar-refractivity contribution is 0.159. The normalized spacial score (nSPS) is 12.9. The summed E-state index contributed by atoms with van der Waals surface area (Å²) in [5, 5.41) is 10.8. The smallest absolute Gasteiger partial charge is 0.294 e. The number of benzene rings is 3. The van der Waals surface area contributed by atoms with Crippen LogP contribution in [0.5, 0.6) is 0 Å². The molecule has 0 radical (unpaired) electrons. The van der Waals surface area contributed by atoms with E-state index in [0.29, 0.717) is 12.0 Å². The van der Waals surface area contributed by atoms with Crippen LogP contribution in [-0.4, -0.2) is 24.2 Å². The maximum Gasteiger partial charge on any atom is 0.294 e. The molecule has 0 heterocycles. The minimum atomic E-state index is -4.34. The van der Waals surface area contributed by atoms with E-state index in [-0.39, 0.29) is 17.2 Å². The van der Waals surface area contributed by atoms with E-state index in [1.165, 1.54) is 6.07 Å². The van der Waals surface area contributed by atoms with Crippen LogP contribution < -0.4 is 0 Å². The largest absolute Gasteiger partial charge is 0.393 e. The zero-order valence-electron chi connectivity index (χ0n) is 15.7. The predicted octanol–water partition coefficient (Wildman–Crippen LogP) is 4.37. The fraction of sp³-hybridized carbons (Fsp3) is 0.217. The van der Waals surface area contributed by atoms with E-state index < -0.39 is 16.2 Å². The lowest BCUT2D eigenvalue weighted by Gasteiger charge is -2.22. The second-order valence-electron chi connectivity index (χ2n) is 7.05. The highest BCUT2D eigenvalue weighted by Gasteiger charge is 2.22. The summed E-state index contributed by atoms with van der Waals surface area (Å²) in [6, 6.07) is 24.6. The van der Waals surface area contributed by atoms with Gasteiger partial charge in [0, 0.05) is 5.92 Å². The molecule has 3 aromatic carbocycles. The van der Waals surface area contributed by atoms with Gasteiger partial charge in [0.05, 0.1) is 11.0 Å². The van der Waals surface area contributed by atoms with Crippen molar-refractivity contribution in [3.8, 4) is 0 Å². The molecule has 28 heavy (non-hydrogen) atoms. The Balaban J connectivity index is 1.88. The lowest BCUT2D eigenvalue weighted by Crippen LogP contribution is -2.18. The number of aliphatic hydroxyl groups excluding tert-OH is 1. The van der Waals surface area contributed by atoms with Crippen molar-refractivity contribution in [1.82, 2.24) is 0 Å². The Morgan fingerprint density at radius 3 is 1.89 bits per heavy atom. The Morgan fingerprint density at radius 1 is 0.857 bits per heavy atom. The molecule has 0 aliphatic heterocycles. The van der Waals surface area contributed by atoms with E-state index >= 15 is 0 Å². The molecule has 3 rings (SSSR count). The monoisotopic (exact) mass is 396 g/mol. The molecule has 4 nitrogen and oxygen atoms in total. The quantitative estimate of drug-likeness (QED) is 0.582. The van der Waals surface area contributed by atoms with Crippen molar-refractivity contribution in [1.29, 1.82) is 0 Å². The third-order valence-corrected chi connectivity index (χ3v) is 5.82. The zero-order chi connectivity index (χ0) is 20.1. The minimum absolute atomic E-state index is 0.0172. The van der Waals surface area contributed by atoms with Gasteiger partial charge in [-0.2, -0.15) is 8.42 Å². The minimum Gasteiger partial charge on any atom is -0.393 e. The molecule has 0 spiro atoms. The molecule has 0 aliphatic rings. The molecule has 1 unspecified atom stereocenters. The van der Waals surface area contributed by atoms with Gasteiger partial charge in [-0.25, -0.2) is 0 Å². The summed E-state index contributed by atoms with van der Waals surface area (Å²) in [4.78, 5) is -0.145. The molecular formula is C23H24O4S. The Hall–Kier alpha value is -2.47. The Labute approximate surface area is 166 Å².